The lowest BCUT2D eigenvalue weighted by atomic mass is 10.0. The van der Waals surface area contributed by atoms with Gasteiger partial charge < -0.3 is 15.3 Å². The van der Waals surface area contributed by atoms with Gasteiger partial charge in [-0.3, -0.25) is 0 Å². The minimum atomic E-state index is -1.10. The zero-order valence-electron chi connectivity index (χ0n) is 23.7. The fourth-order valence-corrected chi connectivity index (χ4v) is 4.47. The molecule has 0 spiro atoms. The molecule has 0 unspecified atom stereocenters. The smallest absolute Gasteiger partial charge is 0.151 e. The van der Waals surface area contributed by atoms with E-state index >= 15 is 0 Å². The van der Waals surface area contributed by atoms with Crippen molar-refractivity contribution in [3.05, 3.63) is 0 Å². The Bertz CT molecular complexity index is 310. The van der Waals surface area contributed by atoms with Crippen molar-refractivity contribution in [2.45, 2.75) is 193 Å². The summed E-state index contributed by atoms with van der Waals surface area (Å²) in [5, 5.41) is 26.0. The van der Waals surface area contributed by atoms with E-state index in [1.165, 1.54) is 148 Å². The molecule has 34 heavy (non-hydrogen) atoms. The summed E-state index contributed by atoms with van der Waals surface area (Å²) >= 11 is 0. The van der Waals surface area contributed by atoms with Crippen molar-refractivity contribution < 1.29 is 15.3 Å². The quantitative estimate of drug-likeness (QED) is 0.0799. The number of unbranched alkanes of at least 4 members (excludes halogenated alkanes) is 24. The van der Waals surface area contributed by atoms with Crippen molar-refractivity contribution in [2.75, 3.05) is 6.61 Å². The van der Waals surface area contributed by atoms with E-state index in [1.54, 1.807) is 0 Å². The average Bonchev–Trinajstić information content (AvgIpc) is 2.83. The first-order chi connectivity index (χ1) is 16.7. The van der Waals surface area contributed by atoms with Gasteiger partial charge in [0.15, 0.2) is 6.29 Å². The molecule has 3 N–H and O–H groups in total. The maximum atomic E-state index is 8.73. The maximum Gasteiger partial charge on any atom is 0.151 e. The van der Waals surface area contributed by atoms with Crippen molar-refractivity contribution in [3.8, 4) is 0 Å². The molecule has 0 aromatic carbocycles. The van der Waals surface area contributed by atoms with E-state index in [9.17, 15) is 0 Å². The van der Waals surface area contributed by atoms with Gasteiger partial charge in [-0.2, -0.15) is 0 Å². The molecule has 0 amide bonds. The zero-order chi connectivity index (χ0) is 25.4. The van der Waals surface area contributed by atoms with Crippen LogP contribution in [0.3, 0.4) is 0 Å². The lowest BCUT2D eigenvalue weighted by Gasteiger charge is -2.04. The molecule has 0 aliphatic carbocycles. The minimum Gasteiger partial charge on any atom is -0.396 e. The third kappa shape index (κ3) is 39.1. The van der Waals surface area contributed by atoms with E-state index in [2.05, 4.69) is 13.8 Å². The fraction of sp³-hybridized carbons (Fsp3) is 1.00. The Morgan fingerprint density at radius 1 is 0.353 bits per heavy atom. The van der Waals surface area contributed by atoms with Gasteiger partial charge in [-0.05, 0) is 19.3 Å². The predicted octanol–water partition coefficient (Wildman–Crippen LogP) is 9.85. The first kappa shape index (κ1) is 36.0. The molecule has 0 saturated heterocycles. The van der Waals surface area contributed by atoms with E-state index in [0.29, 0.717) is 13.0 Å². The lowest BCUT2D eigenvalue weighted by Crippen LogP contribution is -2.02. The molecule has 0 aliphatic heterocycles. The monoisotopic (exact) mass is 487 g/mol. The summed E-state index contributed by atoms with van der Waals surface area (Å²) in [5.74, 6) is 0. The van der Waals surface area contributed by atoms with E-state index < -0.39 is 6.29 Å². The number of aliphatic hydroxyl groups is 3. The van der Waals surface area contributed by atoms with E-state index in [1.807, 2.05) is 0 Å². The average molecular weight is 487 g/mol. The topological polar surface area (TPSA) is 60.7 Å². The third-order valence-corrected chi connectivity index (χ3v) is 6.83. The van der Waals surface area contributed by atoms with Crippen LogP contribution in [0.4, 0.5) is 0 Å². The zero-order valence-corrected chi connectivity index (χ0v) is 23.7. The second-order valence-electron chi connectivity index (χ2n) is 10.5. The highest BCUT2D eigenvalue weighted by molar-refractivity contribution is 4.51. The Morgan fingerprint density at radius 2 is 0.588 bits per heavy atom. The predicted molar refractivity (Wildman–Crippen MR) is 151 cm³/mol. The molecule has 0 rings (SSSR count). The van der Waals surface area contributed by atoms with Crippen LogP contribution < -0.4 is 0 Å². The lowest BCUT2D eigenvalue weighted by molar-refractivity contribution is -0.0466. The molecule has 0 radical (unpaired) electrons. The molecule has 208 valence electrons. The van der Waals surface area contributed by atoms with E-state index in [0.717, 1.165) is 19.3 Å². The molecule has 0 aromatic heterocycles. The highest BCUT2D eigenvalue weighted by atomic mass is 16.5. The second kappa shape index (κ2) is 35.0. The van der Waals surface area contributed by atoms with Crippen molar-refractivity contribution in [2.24, 2.45) is 0 Å². The van der Waals surface area contributed by atoms with Crippen molar-refractivity contribution in [3.63, 3.8) is 0 Å². The first-order valence-electron chi connectivity index (χ1n) is 15.7. The Labute approximate surface area is 215 Å². The summed E-state index contributed by atoms with van der Waals surface area (Å²) < 4.78 is 0. The van der Waals surface area contributed by atoms with E-state index in [4.69, 9.17) is 15.3 Å². The first-order valence-corrected chi connectivity index (χ1v) is 15.7. The summed E-state index contributed by atoms with van der Waals surface area (Å²) in [6.45, 7) is 4.90. The summed E-state index contributed by atoms with van der Waals surface area (Å²) in [4.78, 5) is 0. The van der Waals surface area contributed by atoms with Gasteiger partial charge >= 0.3 is 0 Å². The van der Waals surface area contributed by atoms with Crippen LogP contribution in [0.2, 0.25) is 0 Å². The Balaban J connectivity index is 0. The molecular weight excluding hydrogens is 420 g/mol. The van der Waals surface area contributed by atoms with Gasteiger partial charge in [-0.25, -0.2) is 0 Å². The number of hydrogen-bond donors (Lipinski definition) is 3. The standard InChI is InChI=1S/C20H42O2.C11H24O/c1-2-3-4-5-6-7-8-9-10-11-12-13-14-15-16-17-18-19-20(21)22;1-2-3-4-5-6-7-8-9-10-11-12/h20-22H,2-19H2,1H3;12H,2-11H2,1H3. The molecular formula is C31H66O3. The van der Waals surface area contributed by atoms with Gasteiger partial charge in [0.25, 0.3) is 0 Å². The van der Waals surface area contributed by atoms with Crippen LogP contribution in [0.25, 0.3) is 0 Å². The van der Waals surface area contributed by atoms with Crippen LogP contribution in [0.1, 0.15) is 187 Å². The van der Waals surface area contributed by atoms with Crippen molar-refractivity contribution in [1.29, 1.82) is 0 Å². The SMILES string of the molecule is CCCCCCCCCCCCCCCCCCCC(O)O.CCCCCCCCCCCO. The molecule has 0 aliphatic rings. The van der Waals surface area contributed by atoms with Gasteiger partial charge in [0.2, 0.25) is 0 Å². The van der Waals surface area contributed by atoms with Crippen LogP contribution in [0.15, 0.2) is 0 Å². The summed E-state index contributed by atoms with van der Waals surface area (Å²) in [6, 6.07) is 0. The molecule has 0 fully saturated rings. The van der Waals surface area contributed by atoms with Gasteiger partial charge in [-0.1, -0.05) is 168 Å². The van der Waals surface area contributed by atoms with Crippen LogP contribution in [0, 0.1) is 0 Å². The molecule has 0 heterocycles. The van der Waals surface area contributed by atoms with Gasteiger partial charge in [0, 0.05) is 6.61 Å². The van der Waals surface area contributed by atoms with E-state index in [-0.39, 0.29) is 0 Å². The normalized spacial score (nSPS) is 11.1. The van der Waals surface area contributed by atoms with Crippen LogP contribution >= 0.6 is 0 Å². The van der Waals surface area contributed by atoms with Gasteiger partial charge in [-0.15, -0.1) is 0 Å². The molecule has 3 heteroatoms. The molecule has 3 nitrogen and oxygen atoms in total. The number of rotatable bonds is 27. The maximum absolute atomic E-state index is 8.73. The third-order valence-electron chi connectivity index (χ3n) is 6.83. The molecule has 0 bridgehead atoms. The largest absolute Gasteiger partial charge is 0.396 e. The molecule has 0 saturated carbocycles. The minimum absolute atomic E-state index is 0.371. The fourth-order valence-electron chi connectivity index (χ4n) is 4.47. The number of hydrogen-bond acceptors (Lipinski definition) is 3. The highest BCUT2D eigenvalue weighted by Gasteiger charge is 1.97. The van der Waals surface area contributed by atoms with Crippen LogP contribution in [-0.2, 0) is 0 Å². The molecule has 0 atom stereocenters. The second-order valence-corrected chi connectivity index (χ2v) is 10.5. The Morgan fingerprint density at radius 3 is 0.824 bits per heavy atom. The Hall–Kier alpha value is -0.120. The Kier molecular flexibility index (Phi) is 37.1. The summed E-state index contributed by atoms with van der Waals surface area (Å²) in [5.41, 5.74) is 0. The van der Waals surface area contributed by atoms with Gasteiger partial charge in [0.1, 0.15) is 0 Å². The summed E-state index contributed by atoms with van der Waals surface area (Å²) in [6.07, 6.45) is 34.4. The van der Waals surface area contributed by atoms with Gasteiger partial charge in [0.05, 0.1) is 0 Å². The highest BCUT2D eigenvalue weighted by Crippen LogP contribution is 2.14. The molecule has 0 aromatic rings. The van der Waals surface area contributed by atoms with Crippen molar-refractivity contribution in [1.82, 2.24) is 0 Å². The van der Waals surface area contributed by atoms with Crippen LogP contribution in [-0.4, -0.2) is 28.2 Å². The van der Waals surface area contributed by atoms with Crippen molar-refractivity contribution >= 4 is 0 Å². The summed E-state index contributed by atoms with van der Waals surface area (Å²) in [7, 11) is 0. The number of aliphatic hydroxyl groups excluding tert-OH is 2. The van der Waals surface area contributed by atoms with Crippen LogP contribution in [0.5, 0.6) is 0 Å².